The SMILES string of the molecule is COc1cc(CNc2cc(Cl)cc(Cl)c2)c(Cl)cc1OCC(=O)NC(C)(C)C. The van der Waals surface area contributed by atoms with Crippen LogP contribution in [0.2, 0.25) is 15.1 Å². The van der Waals surface area contributed by atoms with Gasteiger partial charge in [0.25, 0.3) is 5.91 Å². The second kappa shape index (κ2) is 9.59. The Labute approximate surface area is 180 Å². The normalized spacial score (nSPS) is 11.1. The zero-order valence-electron chi connectivity index (χ0n) is 16.2. The molecule has 0 saturated carbocycles. The number of amides is 1. The Hall–Kier alpha value is -1.82. The summed E-state index contributed by atoms with van der Waals surface area (Å²) in [5.74, 6) is 0.647. The van der Waals surface area contributed by atoms with Crippen molar-refractivity contribution in [2.75, 3.05) is 19.0 Å². The predicted molar refractivity (Wildman–Crippen MR) is 115 cm³/mol. The standard InChI is InChI=1S/C20H23Cl3N2O3/c1-20(2,3)25-19(26)11-28-18-9-16(23)12(5-17(18)27-4)10-24-15-7-13(21)6-14(22)8-15/h5-9,24H,10-11H2,1-4H3,(H,25,26). The number of ether oxygens (including phenoxy) is 2. The first-order valence-electron chi connectivity index (χ1n) is 8.57. The molecule has 2 rings (SSSR count). The van der Waals surface area contributed by atoms with Gasteiger partial charge in [-0.3, -0.25) is 4.79 Å². The summed E-state index contributed by atoms with van der Waals surface area (Å²) < 4.78 is 11.0. The van der Waals surface area contributed by atoms with Gasteiger partial charge in [0.2, 0.25) is 0 Å². The summed E-state index contributed by atoms with van der Waals surface area (Å²) in [5.41, 5.74) is 1.23. The van der Waals surface area contributed by atoms with Crippen LogP contribution < -0.4 is 20.1 Å². The first kappa shape index (κ1) is 22.5. The van der Waals surface area contributed by atoms with Crippen LogP contribution in [0.15, 0.2) is 30.3 Å². The third-order valence-electron chi connectivity index (χ3n) is 3.55. The molecule has 0 bridgehead atoms. The molecule has 5 nitrogen and oxygen atoms in total. The number of nitrogens with one attached hydrogen (secondary N) is 2. The van der Waals surface area contributed by atoms with Crippen molar-refractivity contribution in [1.82, 2.24) is 5.32 Å². The van der Waals surface area contributed by atoms with Crippen molar-refractivity contribution in [2.24, 2.45) is 0 Å². The Morgan fingerprint density at radius 1 is 1.00 bits per heavy atom. The molecule has 1 amide bonds. The van der Waals surface area contributed by atoms with E-state index in [0.717, 1.165) is 11.3 Å². The van der Waals surface area contributed by atoms with E-state index in [1.807, 2.05) is 20.8 Å². The lowest BCUT2D eigenvalue weighted by Crippen LogP contribution is -2.43. The van der Waals surface area contributed by atoms with Gasteiger partial charge in [0.1, 0.15) is 0 Å². The maximum atomic E-state index is 12.0. The number of hydrogen-bond acceptors (Lipinski definition) is 4. The van der Waals surface area contributed by atoms with E-state index in [1.165, 1.54) is 7.11 Å². The van der Waals surface area contributed by atoms with E-state index in [-0.39, 0.29) is 18.1 Å². The lowest BCUT2D eigenvalue weighted by molar-refractivity contribution is -0.124. The van der Waals surface area contributed by atoms with Gasteiger partial charge in [-0.1, -0.05) is 34.8 Å². The number of carbonyl (C=O) groups is 1. The predicted octanol–water partition coefficient (Wildman–Crippen LogP) is 5.56. The van der Waals surface area contributed by atoms with Crippen LogP contribution in [-0.2, 0) is 11.3 Å². The molecule has 0 aromatic heterocycles. The van der Waals surface area contributed by atoms with Gasteiger partial charge in [-0.15, -0.1) is 0 Å². The molecule has 0 aliphatic rings. The minimum Gasteiger partial charge on any atom is -0.493 e. The molecule has 8 heteroatoms. The minimum absolute atomic E-state index is 0.136. The molecule has 28 heavy (non-hydrogen) atoms. The molecule has 2 aromatic rings. The van der Waals surface area contributed by atoms with Gasteiger partial charge in [-0.25, -0.2) is 0 Å². The van der Waals surface area contributed by atoms with E-state index in [0.29, 0.717) is 33.1 Å². The second-order valence-corrected chi connectivity index (χ2v) is 8.47. The highest BCUT2D eigenvalue weighted by molar-refractivity contribution is 6.35. The molecule has 152 valence electrons. The highest BCUT2D eigenvalue weighted by Gasteiger charge is 2.16. The molecule has 2 aromatic carbocycles. The molecule has 0 aliphatic carbocycles. The Balaban J connectivity index is 2.08. The average Bonchev–Trinajstić information content (AvgIpc) is 2.56. The van der Waals surface area contributed by atoms with E-state index in [1.54, 1.807) is 30.3 Å². The van der Waals surface area contributed by atoms with Crippen molar-refractivity contribution < 1.29 is 14.3 Å². The Morgan fingerprint density at radius 2 is 1.64 bits per heavy atom. The minimum atomic E-state index is -0.332. The number of methoxy groups -OCH3 is 1. The van der Waals surface area contributed by atoms with Gasteiger partial charge < -0.3 is 20.1 Å². The van der Waals surface area contributed by atoms with Crippen molar-refractivity contribution in [3.05, 3.63) is 51.0 Å². The number of anilines is 1. The lowest BCUT2D eigenvalue weighted by atomic mass is 10.1. The molecule has 0 fully saturated rings. The third kappa shape index (κ3) is 6.97. The maximum absolute atomic E-state index is 12.0. The van der Waals surface area contributed by atoms with Gasteiger partial charge in [0.15, 0.2) is 18.1 Å². The molecular formula is C20H23Cl3N2O3. The molecular weight excluding hydrogens is 423 g/mol. The largest absolute Gasteiger partial charge is 0.493 e. The van der Waals surface area contributed by atoms with Crippen LogP contribution in [0.5, 0.6) is 11.5 Å². The van der Waals surface area contributed by atoms with Gasteiger partial charge in [0, 0.05) is 38.9 Å². The molecule has 0 spiro atoms. The number of halogens is 3. The van der Waals surface area contributed by atoms with Crippen molar-refractivity contribution in [3.63, 3.8) is 0 Å². The van der Waals surface area contributed by atoms with Crippen molar-refractivity contribution in [2.45, 2.75) is 32.9 Å². The molecule has 0 unspecified atom stereocenters. The van der Waals surface area contributed by atoms with Crippen LogP contribution in [0.1, 0.15) is 26.3 Å². The highest BCUT2D eigenvalue weighted by atomic mass is 35.5. The van der Waals surface area contributed by atoms with Crippen LogP contribution in [0.3, 0.4) is 0 Å². The Kier molecular flexibility index (Phi) is 7.70. The number of benzene rings is 2. The lowest BCUT2D eigenvalue weighted by Gasteiger charge is -2.21. The fourth-order valence-corrected chi connectivity index (χ4v) is 3.18. The Morgan fingerprint density at radius 3 is 2.21 bits per heavy atom. The first-order chi connectivity index (χ1) is 13.1. The van der Waals surface area contributed by atoms with E-state index < -0.39 is 0 Å². The first-order valence-corrected chi connectivity index (χ1v) is 9.71. The molecule has 0 saturated heterocycles. The van der Waals surface area contributed by atoms with Crippen molar-refractivity contribution >= 4 is 46.4 Å². The van der Waals surface area contributed by atoms with Crippen LogP contribution in [0.25, 0.3) is 0 Å². The van der Waals surface area contributed by atoms with E-state index in [4.69, 9.17) is 44.3 Å². The zero-order valence-corrected chi connectivity index (χ0v) is 18.4. The summed E-state index contributed by atoms with van der Waals surface area (Å²) in [6.45, 7) is 5.99. The van der Waals surface area contributed by atoms with Gasteiger partial charge in [0.05, 0.1) is 7.11 Å². The molecule has 0 heterocycles. The molecule has 0 radical (unpaired) electrons. The van der Waals surface area contributed by atoms with Crippen LogP contribution in [0.4, 0.5) is 5.69 Å². The zero-order chi connectivity index (χ0) is 20.9. The smallest absolute Gasteiger partial charge is 0.258 e. The van der Waals surface area contributed by atoms with E-state index in [2.05, 4.69) is 10.6 Å². The quantitative estimate of drug-likeness (QED) is 0.585. The highest BCUT2D eigenvalue weighted by Crippen LogP contribution is 2.34. The summed E-state index contributed by atoms with van der Waals surface area (Å²) in [4.78, 5) is 12.0. The van der Waals surface area contributed by atoms with Crippen LogP contribution >= 0.6 is 34.8 Å². The number of rotatable bonds is 7. The molecule has 0 aliphatic heterocycles. The van der Waals surface area contributed by atoms with Crippen LogP contribution in [0, 0.1) is 0 Å². The topological polar surface area (TPSA) is 59.6 Å². The summed E-state index contributed by atoms with van der Waals surface area (Å²) in [5, 5.41) is 7.60. The molecule has 2 N–H and O–H groups in total. The van der Waals surface area contributed by atoms with Crippen molar-refractivity contribution in [1.29, 1.82) is 0 Å². The van der Waals surface area contributed by atoms with Crippen molar-refractivity contribution in [3.8, 4) is 11.5 Å². The second-order valence-electron chi connectivity index (χ2n) is 7.19. The number of hydrogen-bond donors (Lipinski definition) is 2. The van der Waals surface area contributed by atoms with Gasteiger partial charge in [-0.2, -0.15) is 0 Å². The van der Waals surface area contributed by atoms with E-state index in [9.17, 15) is 4.79 Å². The van der Waals surface area contributed by atoms with Gasteiger partial charge >= 0.3 is 0 Å². The van der Waals surface area contributed by atoms with Crippen LogP contribution in [-0.4, -0.2) is 25.2 Å². The average molecular weight is 446 g/mol. The Bertz CT molecular complexity index is 831. The summed E-state index contributed by atoms with van der Waals surface area (Å²) in [6.07, 6.45) is 0. The fourth-order valence-electron chi connectivity index (χ4n) is 2.44. The number of carbonyl (C=O) groups excluding carboxylic acids is 1. The third-order valence-corrected chi connectivity index (χ3v) is 4.34. The molecule has 0 atom stereocenters. The summed E-state index contributed by atoms with van der Waals surface area (Å²) in [6, 6.07) is 8.59. The summed E-state index contributed by atoms with van der Waals surface area (Å²) in [7, 11) is 1.53. The van der Waals surface area contributed by atoms with E-state index >= 15 is 0 Å². The monoisotopic (exact) mass is 444 g/mol. The maximum Gasteiger partial charge on any atom is 0.258 e. The summed E-state index contributed by atoms with van der Waals surface area (Å²) >= 11 is 18.4. The fraction of sp³-hybridized carbons (Fsp3) is 0.350. The van der Waals surface area contributed by atoms with Gasteiger partial charge in [-0.05, 0) is 50.6 Å².